The van der Waals surface area contributed by atoms with Crippen LogP contribution in [0.3, 0.4) is 0 Å². The SMILES string of the molecule is CC(C)(C)OC(=O)N1CCCCC1CNC(=O)CC1CCS(=O)(=O)C1. The fourth-order valence-electron chi connectivity index (χ4n) is 3.37. The highest BCUT2D eigenvalue weighted by Crippen LogP contribution is 2.22. The predicted molar refractivity (Wildman–Crippen MR) is 95.0 cm³/mol. The third-order valence-corrected chi connectivity index (χ3v) is 6.43. The number of hydrogen-bond acceptors (Lipinski definition) is 5. The maximum absolute atomic E-state index is 12.3. The Morgan fingerprint density at radius 3 is 2.52 bits per heavy atom. The minimum atomic E-state index is -2.96. The zero-order chi connectivity index (χ0) is 18.7. The molecule has 2 rings (SSSR count). The topological polar surface area (TPSA) is 92.8 Å². The van der Waals surface area contributed by atoms with Crippen molar-refractivity contribution in [1.29, 1.82) is 0 Å². The van der Waals surface area contributed by atoms with Gasteiger partial charge in [0.2, 0.25) is 5.91 Å². The van der Waals surface area contributed by atoms with E-state index in [4.69, 9.17) is 4.74 Å². The second-order valence-electron chi connectivity index (χ2n) is 8.10. The fraction of sp³-hybridized carbons (Fsp3) is 0.882. The summed E-state index contributed by atoms with van der Waals surface area (Å²) in [5.74, 6) is 0.0589. The number of carbonyl (C=O) groups is 2. The first-order valence-corrected chi connectivity index (χ1v) is 10.8. The van der Waals surface area contributed by atoms with Crippen molar-refractivity contribution in [3.8, 4) is 0 Å². The summed E-state index contributed by atoms with van der Waals surface area (Å²) < 4.78 is 28.4. The zero-order valence-electron chi connectivity index (χ0n) is 15.4. The molecule has 0 aromatic heterocycles. The molecule has 0 spiro atoms. The maximum Gasteiger partial charge on any atom is 0.410 e. The second kappa shape index (κ2) is 7.93. The van der Waals surface area contributed by atoms with E-state index in [-0.39, 0.29) is 41.9 Å². The summed E-state index contributed by atoms with van der Waals surface area (Å²) in [6.07, 6.45) is 3.23. The van der Waals surface area contributed by atoms with Gasteiger partial charge in [0, 0.05) is 19.5 Å². The maximum atomic E-state index is 12.3. The van der Waals surface area contributed by atoms with Crippen LogP contribution in [-0.4, -0.2) is 61.6 Å². The molecule has 0 bridgehead atoms. The Morgan fingerprint density at radius 2 is 1.92 bits per heavy atom. The molecule has 0 radical (unpaired) electrons. The van der Waals surface area contributed by atoms with E-state index in [1.807, 2.05) is 20.8 Å². The quantitative estimate of drug-likeness (QED) is 0.809. The van der Waals surface area contributed by atoms with E-state index in [0.717, 1.165) is 19.3 Å². The van der Waals surface area contributed by atoms with Crippen molar-refractivity contribution < 1.29 is 22.7 Å². The molecule has 2 unspecified atom stereocenters. The van der Waals surface area contributed by atoms with Crippen molar-refractivity contribution in [3.05, 3.63) is 0 Å². The first-order chi connectivity index (χ1) is 11.6. The molecule has 0 saturated carbocycles. The molecule has 2 amide bonds. The molecule has 144 valence electrons. The van der Waals surface area contributed by atoms with Crippen LogP contribution in [0.25, 0.3) is 0 Å². The number of carbonyl (C=O) groups excluding carboxylic acids is 2. The fourth-order valence-corrected chi connectivity index (χ4v) is 5.23. The Bertz CT molecular complexity index is 597. The van der Waals surface area contributed by atoms with E-state index >= 15 is 0 Å². The minimum Gasteiger partial charge on any atom is -0.444 e. The molecule has 2 saturated heterocycles. The Kier molecular flexibility index (Phi) is 6.35. The lowest BCUT2D eigenvalue weighted by Crippen LogP contribution is -2.50. The summed E-state index contributed by atoms with van der Waals surface area (Å²) >= 11 is 0. The van der Waals surface area contributed by atoms with Crippen LogP contribution in [0.15, 0.2) is 0 Å². The standard InChI is InChI=1S/C17H30N2O5S/c1-17(2,3)24-16(21)19-8-5-4-6-14(19)11-18-15(20)10-13-7-9-25(22,23)12-13/h13-14H,4-12H2,1-3H3,(H,18,20). The molecule has 0 aromatic rings. The van der Waals surface area contributed by atoms with Crippen molar-refractivity contribution in [1.82, 2.24) is 10.2 Å². The van der Waals surface area contributed by atoms with Crippen LogP contribution in [-0.2, 0) is 19.4 Å². The summed E-state index contributed by atoms with van der Waals surface area (Å²) in [4.78, 5) is 26.2. The highest BCUT2D eigenvalue weighted by molar-refractivity contribution is 7.91. The van der Waals surface area contributed by atoms with Gasteiger partial charge in [0.25, 0.3) is 0 Å². The van der Waals surface area contributed by atoms with E-state index in [1.54, 1.807) is 4.90 Å². The number of nitrogens with one attached hydrogen (secondary N) is 1. The zero-order valence-corrected chi connectivity index (χ0v) is 16.2. The molecular formula is C17H30N2O5S. The summed E-state index contributed by atoms with van der Waals surface area (Å²) in [6.45, 7) is 6.53. The molecule has 0 aliphatic carbocycles. The van der Waals surface area contributed by atoms with Gasteiger partial charge in [-0.2, -0.15) is 0 Å². The lowest BCUT2D eigenvalue weighted by molar-refractivity contribution is -0.122. The Balaban J connectivity index is 1.82. The first kappa shape index (κ1) is 20.0. The van der Waals surface area contributed by atoms with Crippen LogP contribution in [0.4, 0.5) is 4.79 Å². The van der Waals surface area contributed by atoms with Crippen LogP contribution in [0.1, 0.15) is 52.9 Å². The predicted octanol–water partition coefficient (Wildman–Crippen LogP) is 1.72. The molecule has 2 fully saturated rings. The highest BCUT2D eigenvalue weighted by Gasteiger charge is 2.32. The van der Waals surface area contributed by atoms with Gasteiger partial charge in [0.15, 0.2) is 9.84 Å². The van der Waals surface area contributed by atoms with Crippen molar-refractivity contribution in [2.75, 3.05) is 24.6 Å². The average molecular weight is 375 g/mol. The average Bonchev–Trinajstić information content (AvgIpc) is 2.82. The largest absolute Gasteiger partial charge is 0.444 e. The van der Waals surface area contributed by atoms with Crippen LogP contribution in [0, 0.1) is 5.92 Å². The molecule has 7 nitrogen and oxygen atoms in total. The van der Waals surface area contributed by atoms with Gasteiger partial charge in [0.05, 0.1) is 17.5 Å². The number of amides is 2. The summed E-state index contributed by atoms with van der Waals surface area (Å²) in [5.41, 5.74) is -0.545. The van der Waals surface area contributed by atoms with Gasteiger partial charge < -0.3 is 15.0 Å². The molecule has 2 heterocycles. The van der Waals surface area contributed by atoms with Gasteiger partial charge in [0.1, 0.15) is 5.60 Å². The second-order valence-corrected chi connectivity index (χ2v) is 10.3. The van der Waals surface area contributed by atoms with E-state index in [2.05, 4.69) is 5.32 Å². The van der Waals surface area contributed by atoms with Gasteiger partial charge in [-0.05, 0) is 52.4 Å². The highest BCUT2D eigenvalue weighted by atomic mass is 32.2. The van der Waals surface area contributed by atoms with Gasteiger partial charge >= 0.3 is 6.09 Å². The smallest absolute Gasteiger partial charge is 0.410 e. The Morgan fingerprint density at radius 1 is 1.20 bits per heavy atom. The third-order valence-electron chi connectivity index (χ3n) is 4.59. The van der Waals surface area contributed by atoms with Gasteiger partial charge in [-0.1, -0.05) is 0 Å². The monoisotopic (exact) mass is 374 g/mol. The lowest BCUT2D eigenvalue weighted by Gasteiger charge is -2.36. The van der Waals surface area contributed by atoms with Gasteiger partial charge in [-0.3, -0.25) is 4.79 Å². The molecule has 1 N–H and O–H groups in total. The van der Waals surface area contributed by atoms with E-state index < -0.39 is 15.4 Å². The van der Waals surface area contributed by atoms with Gasteiger partial charge in [-0.25, -0.2) is 13.2 Å². The number of sulfone groups is 1. The van der Waals surface area contributed by atoms with E-state index in [0.29, 0.717) is 19.5 Å². The number of rotatable bonds is 4. The molecule has 8 heteroatoms. The first-order valence-electron chi connectivity index (χ1n) is 9.02. The van der Waals surface area contributed by atoms with Crippen molar-refractivity contribution in [2.24, 2.45) is 5.92 Å². The summed E-state index contributed by atoms with van der Waals surface area (Å²) in [6, 6.07) is -0.0696. The van der Waals surface area contributed by atoms with E-state index in [1.165, 1.54) is 0 Å². The molecule has 25 heavy (non-hydrogen) atoms. The Labute approximate surface area is 150 Å². The summed E-state index contributed by atoms with van der Waals surface area (Å²) in [5, 5.41) is 2.87. The van der Waals surface area contributed by atoms with Crippen molar-refractivity contribution >= 4 is 21.8 Å². The summed E-state index contributed by atoms with van der Waals surface area (Å²) in [7, 11) is -2.96. The van der Waals surface area contributed by atoms with Crippen molar-refractivity contribution in [2.45, 2.75) is 64.5 Å². The molecular weight excluding hydrogens is 344 g/mol. The third kappa shape index (κ3) is 6.49. The van der Waals surface area contributed by atoms with Gasteiger partial charge in [-0.15, -0.1) is 0 Å². The van der Waals surface area contributed by atoms with E-state index in [9.17, 15) is 18.0 Å². The number of piperidine rings is 1. The number of likely N-dealkylation sites (tertiary alicyclic amines) is 1. The minimum absolute atomic E-state index is 0.0696. The van der Waals surface area contributed by atoms with Crippen LogP contribution in [0.5, 0.6) is 0 Å². The number of hydrogen-bond donors (Lipinski definition) is 1. The normalized spacial score (nSPS) is 26.3. The molecule has 2 aliphatic rings. The molecule has 2 atom stereocenters. The molecule has 0 aromatic carbocycles. The van der Waals surface area contributed by atoms with Crippen LogP contribution in [0.2, 0.25) is 0 Å². The number of nitrogens with zero attached hydrogens (tertiary/aromatic N) is 1. The Hall–Kier alpha value is -1.31. The number of ether oxygens (including phenoxy) is 1. The lowest BCUT2D eigenvalue weighted by atomic mass is 10.0. The van der Waals surface area contributed by atoms with Crippen LogP contribution >= 0.6 is 0 Å². The molecule has 2 aliphatic heterocycles. The van der Waals surface area contributed by atoms with Crippen LogP contribution < -0.4 is 5.32 Å². The van der Waals surface area contributed by atoms with Crippen molar-refractivity contribution in [3.63, 3.8) is 0 Å².